The van der Waals surface area contributed by atoms with Crippen LogP contribution in [-0.2, 0) is 16.0 Å². The second-order valence-electron chi connectivity index (χ2n) is 6.35. The molecule has 0 aromatic heterocycles. The van der Waals surface area contributed by atoms with Gasteiger partial charge in [-0.15, -0.1) is 0 Å². The van der Waals surface area contributed by atoms with Gasteiger partial charge in [-0.05, 0) is 6.92 Å². The normalized spacial score (nSPS) is 22.6. The van der Waals surface area contributed by atoms with E-state index in [1.165, 1.54) is 24.0 Å². The number of likely N-dealkylation sites (N-methyl/N-ethyl adjacent to an activating group) is 1. The van der Waals surface area contributed by atoms with Crippen molar-refractivity contribution in [3.05, 3.63) is 16.7 Å². The van der Waals surface area contributed by atoms with E-state index in [9.17, 15) is 19.8 Å². The number of rotatable bonds is 3. The zero-order valence-electron chi connectivity index (χ0n) is 14.7. The van der Waals surface area contributed by atoms with E-state index in [4.69, 9.17) is 9.47 Å². The van der Waals surface area contributed by atoms with E-state index in [0.29, 0.717) is 22.4 Å². The fourth-order valence-electron chi connectivity index (χ4n) is 3.93. The molecule has 0 spiro atoms. The average molecular weight is 350 g/mol. The van der Waals surface area contributed by atoms with Crippen molar-refractivity contribution in [2.75, 3.05) is 34.4 Å². The summed E-state index contributed by atoms with van der Waals surface area (Å²) in [7, 11) is 4.48. The number of fused-ring (bicyclic) bond motifs is 2. The van der Waals surface area contributed by atoms with Crippen LogP contribution in [0, 0.1) is 6.92 Å². The summed E-state index contributed by atoms with van der Waals surface area (Å²) in [6, 6.07) is -1.49. The Morgan fingerprint density at radius 1 is 1.20 bits per heavy atom. The van der Waals surface area contributed by atoms with Crippen LogP contribution < -0.4 is 9.47 Å². The van der Waals surface area contributed by atoms with Crippen molar-refractivity contribution in [2.45, 2.75) is 25.4 Å². The first-order chi connectivity index (χ1) is 11.9. The van der Waals surface area contributed by atoms with Crippen LogP contribution in [0.15, 0.2) is 0 Å². The SMILES string of the molecule is COc1c(C)c(O)c(OC)c2c1C[C@H]1C(=O)N(C)CC(=O)N1[C@H]2CO. The van der Waals surface area contributed by atoms with Gasteiger partial charge in [0.1, 0.15) is 11.8 Å². The minimum atomic E-state index is -0.783. The van der Waals surface area contributed by atoms with Crippen molar-refractivity contribution in [1.29, 1.82) is 0 Å². The van der Waals surface area contributed by atoms with Crippen LogP contribution in [-0.4, -0.2) is 72.3 Å². The second-order valence-corrected chi connectivity index (χ2v) is 6.35. The van der Waals surface area contributed by atoms with Gasteiger partial charge in [-0.2, -0.15) is 0 Å². The molecule has 2 N–H and O–H groups in total. The van der Waals surface area contributed by atoms with E-state index in [2.05, 4.69) is 0 Å². The van der Waals surface area contributed by atoms with E-state index in [1.54, 1.807) is 14.0 Å². The lowest BCUT2D eigenvalue weighted by atomic mass is 9.83. The predicted molar refractivity (Wildman–Crippen MR) is 87.7 cm³/mol. The number of piperazine rings is 1. The van der Waals surface area contributed by atoms with E-state index in [-0.39, 0.29) is 36.3 Å². The maximum absolute atomic E-state index is 12.6. The molecule has 2 atom stereocenters. The van der Waals surface area contributed by atoms with Crippen molar-refractivity contribution in [3.8, 4) is 17.2 Å². The molecule has 1 fully saturated rings. The third-order valence-corrected chi connectivity index (χ3v) is 5.06. The molecule has 3 rings (SSSR count). The maximum atomic E-state index is 12.6. The number of aliphatic hydroxyl groups excluding tert-OH is 1. The fourth-order valence-corrected chi connectivity index (χ4v) is 3.93. The Hall–Kier alpha value is -2.48. The van der Waals surface area contributed by atoms with Gasteiger partial charge < -0.3 is 29.5 Å². The molecule has 0 saturated carbocycles. The molecule has 0 aliphatic carbocycles. The first kappa shape index (κ1) is 17.3. The molecule has 8 heteroatoms. The largest absolute Gasteiger partial charge is 0.504 e. The number of nitrogens with zero attached hydrogens (tertiary/aromatic N) is 2. The first-order valence-electron chi connectivity index (χ1n) is 8.00. The quantitative estimate of drug-likeness (QED) is 0.795. The van der Waals surface area contributed by atoms with Gasteiger partial charge in [-0.3, -0.25) is 9.59 Å². The van der Waals surface area contributed by atoms with Gasteiger partial charge in [0.15, 0.2) is 11.5 Å². The van der Waals surface area contributed by atoms with Gasteiger partial charge in [-0.1, -0.05) is 0 Å². The molecule has 2 amide bonds. The second kappa shape index (κ2) is 6.11. The number of hydrogen-bond donors (Lipinski definition) is 2. The highest BCUT2D eigenvalue weighted by Gasteiger charge is 2.48. The number of carbonyl (C=O) groups excluding carboxylic acids is 2. The molecule has 2 aliphatic heterocycles. The zero-order valence-corrected chi connectivity index (χ0v) is 14.7. The summed E-state index contributed by atoms with van der Waals surface area (Å²) < 4.78 is 10.8. The van der Waals surface area contributed by atoms with Gasteiger partial charge in [0.2, 0.25) is 11.8 Å². The Labute approximate surface area is 145 Å². The fraction of sp³-hybridized carbons (Fsp3) is 0.529. The van der Waals surface area contributed by atoms with Crippen molar-refractivity contribution >= 4 is 11.8 Å². The van der Waals surface area contributed by atoms with Crippen molar-refractivity contribution in [1.82, 2.24) is 9.80 Å². The highest BCUT2D eigenvalue weighted by Crippen LogP contribution is 2.50. The molecule has 1 aromatic rings. The van der Waals surface area contributed by atoms with Gasteiger partial charge >= 0.3 is 0 Å². The monoisotopic (exact) mass is 350 g/mol. The maximum Gasteiger partial charge on any atom is 0.245 e. The van der Waals surface area contributed by atoms with Crippen LogP contribution >= 0.6 is 0 Å². The summed E-state index contributed by atoms with van der Waals surface area (Å²) in [6.45, 7) is 1.25. The number of benzene rings is 1. The van der Waals surface area contributed by atoms with E-state index in [0.717, 1.165) is 0 Å². The Kier molecular flexibility index (Phi) is 4.24. The molecule has 0 bridgehead atoms. The van der Waals surface area contributed by atoms with Crippen LogP contribution in [0.25, 0.3) is 0 Å². The molecule has 2 heterocycles. The van der Waals surface area contributed by atoms with Crippen LogP contribution in [0.2, 0.25) is 0 Å². The molecule has 0 radical (unpaired) electrons. The Bertz CT molecular complexity index is 747. The van der Waals surface area contributed by atoms with E-state index in [1.807, 2.05) is 0 Å². The number of phenolic OH excluding ortho intramolecular Hbond substituents is 1. The summed E-state index contributed by atoms with van der Waals surface area (Å²) in [5.41, 5.74) is 1.66. The minimum Gasteiger partial charge on any atom is -0.504 e. The highest BCUT2D eigenvalue weighted by molar-refractivity contribution is 5.96. The van der Waals surface area contributed by atoms with Gasteiger partial charge in [0.25, 0.3) is 0 Å². The Morgan fingerprint density at radius 3 is 2.40 bits per heavy atom. The van der Waals surface area contributed by atoms with Crippen molar-refractivity contribution < 1.29 is 29.3 Å². The molecule has 25 heavy (non-hydrogen) atoms. The standard InChI is InChI=1S/C17H22N2O6/c1-8-14(22)16(25-4)13-9(15(8)24-3)5-10-17(23)18(2)6-12(21)19(10)11(13)7-20/h10-11,20,22H,5-7H2,1-4H3/t10-,11-/m0/s1. The Morgan fingerprint density at radius 2 is 1.84 bits per heavy atom. The third kappa shape index (κ3) is 2.31. The van der Waals surface area contributed by atoms with Crippen LogP contribution in [0.4, 0.5) is 0 Å². The summed E-state index contributed by atoms with van der Waals surface area (Å²) in [4.78, 5) is 28.0. The van der Waals surface area contributed by atoms with E-state index < -0.39 is 18.7 Å². The van der Waals surface area contributed by atoms with Gasteiger partial charge in [0.05, 0.1) is 33.4 Å². The third-order valence-electron chi connectivity index (χ3n) is 5.06. The molecule has 0 unspecified atom stereocenters. The predicted octanol–water partition coefficient (Wildman–Crippen LogP) is -0.0235. The number of amides is 2. The summed E-state index contributed by atoms with van der Waals surface area (Å²) in [5, 5.41) is 20.5. The van der Waals surface area contributed by atoms with Crippen LogP contribution in [0.1, 0.15) is 22.7 Å². The number of methoxy groups -OCH3 is 2. The first-order valence-corrected chi connectivity index (χ1v) is 8.00. The van der Waals surface area contributed by atoms with Gasteiger partial charge in [0, 0.05) is 30.2 Å². The number of aliphatic hydroxyl groups is 1. The zero-order chi connectivity index (χ0) is 18.5. The lowest BCUT2D eigenvalue weighted by Gasteiger charge is -2.47. The van der Waals surface area contributed by atoms with Gasteiger partial charge in [-0.25, -0.2) is 0 Å². The number of aromatic hydroxyl groups is 1. The lowest BCUT2D eigenvalue weighted by molar-refractivity contribution is -0.159. The number of phenols is 1. The smallest absolute Gasteiger partial charge is 0.245 e. The molecule has 1 aromatic carbocycles. The summed E-state index contributed by atoms with van der Waals surface area (Å²) in [5.74, 6) is 0.112. The van der Waals surface area contributed by atoms with Crippen molar-refractivity contribution in [3.63, 3.8) is 0 Å². The minimum absolute atomic E-state index is 0.0432. The number of ether oxygens (including phenoxy) is 2. The topological polar surface area (TPSA) is 99.5 Å². The lowest BCUT2D eigenvalue weighted by Crippen LogP contribution is -2.62. The molecular weight excluding hydrogens is 328 g/mol. The molecular formula is C17H22N2O6. The van der Waals surface area contributed by atoms with Crippen molar-refractivity contribution in [2.24, 2.45) is 0 Å². The Balaban J connectivity index is 2.29. The molecule has 136 valence electrons. The highest BCUT2D eigenvalue weighted by atomic mass is 16.5. The number of carbonyl (C=O) groups is 2. The molecule has 1 saturated heterocycles. The number of hydrogen-bond acceptors (Lipinski definition) is 6. The van der Waals surface area contributed by atoms with E-state index >= 15 is 0 Å². The molecule has 8 nitrogen and oxygen atoms in total. The average Bonchev–Trinajstić information content (AvgIpc) is 2.59. The van der Waals surface area contributed by atoms with Crippen LogP contribution in [0.3, 0.4) is 0 Å². The summed E-state index contributed by atoms with van der Waals surface area (Å²) in [6.07, 6.45) is 0.237. The van der Waals surface area contributed by atoms with Crippen LogP contribution in [0.5, 0.6) is 17.2 Å². The molecule has 2 aliphatic rings. The summed E-state index contributed by atoms with van der Waals surface area (Å²) >= 11 is 0.